The van der Waals surface area contributed by atoms with E-state index in [2.05, 4.69) is 26.2 Å². The molecule has 8 heteroatoms. The largest absolute Gasteiger partial charge is 0.443 e. The van der Waals surface area contributed by atoms with Gasteiger partial charge in [0, 0.05) is 11.1 Å². The number of thiazole rings is 1. The van der Waals surface area contributed by atoms with Gasteiger partial charge in [-0.1, -0.05) is 19.1 Å². The topological polar surface area (TPSA) is 24.9 Å². The lowest BCUT2D eigenvalue weighted by atomic mass is 10.1. The summed E-state index contributed by atoms with van der Waals surface area (Å²) in [6.07, 6.45) is -3.29. The molecular formula is C13H11BrF4N2S. The number of aromatic nitrogens is 1. The first-order valence-corrected chi connectivity index (χ1v) is 7.65. The van der Waals surface area contributed by atoms with Crippen molar-refractivity contribution in [2.24, 2.45) is 0 Å². The summed E-state index contributed by atoms with van der Waals surface area (Å²) in [5, 5.41) is 2.15. The van der Waals surface area contributed by atoms with Gasteiger partial charge in [0.05, 0.1) is 10.5 Å². The summed E-state index contributed by atoms with van der Waals surface area (Å²) in [5.41, 5.74) is 0.536. The normalized spacial score (nSPS) is 13.4. The van der Waals surface area contributed by atoms with Crippen molar-refractivity contribution in [1.29, 1.82) is 0 Å². The Labute approximate surface area is 131 Å². The summed E-state index contributed by atoms with van der Waals surface area (Å²) >= 11 is 3.70. The molecule has 114 valence electrons. The Balaban J connectivity index is 2.44. The third kappa shape index (κ3) is 3.61. The predicted octanol–water partition coefficient (Wildman–Crippen LogP) is 4.76. The van der Waals surface area contributed by atoms with Gasteiger partial charge in [-0.2, -0.15) is 13.2 Å². The standard InChI is InChI=1S/C13H11BrF4N2S/c1-2-19-11(7-4-3-5-8(15)10(7)14)9-6-20-12(21-9)13(16,17)18/h3-6,11,19H,2H2,1H3. The number of halogens is 5. The van der Waals surface area contributed by atoms with Crippen LogP contribution < -0.4 is 5.32 Å². The van der Waals surface area contributed by atoms with E-state index in [1.165, 1.54) is 18.3 Å². The maximum absolute atomic E-state index is 13.6. The maximum Gasteiger partial charge on any atom is 0.443 e. The van der Waals surface area contributed by atoms with Gasteiger partial charge in [0.15, 0.2) is 5.01 Å². The minimum atomic E-state index is -4.47. The van der Waals surface area contributed by atoms with Gasteiger partial charge in [-0.15, -0.1) is 11.3 Å². The summed E-state index contributed by atoms with van der Waals surface area (Å²) in [5.74, 6) is -0.462. The molecule has 1 heterocycles. The van der Waals surface area contributed by atoms with Crippen LogP contribution in [0.25, 0.3) is 0 Å². The van der Waals surface area contributed by atoms with Gasteiger partial charge in [-0.25, -0.2) is 9.37 Å². The van der Waals surface area contributed by atoms with E-state index in [9.17, 15) is 17.6 Å². The fourth-order valence-electron chi connectivity index (χ4n) is 1.86. The molecule has 21 heavy (non-hydrogen) atoms. The molecule has 1 N–H and O–H groups in total. The molecule has 0 saturated carbocycles. The summed E-state index contributed by atoms with van der Waals surface area (Å²) in [7, 11) is 0. The number of nitrogens with one attached hydrogen (secondary N) is 1. The molecular weight excluding hydrogens is 372 g/mol. The summed E-state index contributed by atoms with van der Waals surface area (Å²) in [4.78, 5) is 3.80. The van der Waals surface area contributed by atoms with Gasteiger partial charge in [0.25, 0.3) is 0 Å². The van der Waals surface area contributed by atoms with E-state index in [0.717, 1.165) is 0 Å². The molecule has 0 aliphatic rings. The minimum Gasteiger partial charge on any atom is -0.306 e. The molecule has 0 radical (unpaired) electrons. The predicted molar refractivity (Wildman–Crippen MR) is 76.7 cm³/mol. The summed E-state index contributed by atoms with van der Waals surface area (Å²) in [6.45, 7) is 2.35. The fraction of sp³-hybridized carbons (Fsp3) is 0.308. The Morgan fingerprint density at radius 1 is 1.38 bits per heavy atom. The Bertz CT molecular complexity index is 627. The third-order valence-corrected chi connectivity index (χ3v) is 4.69. The third-order valence-electron chi connectivity index (χ3n) is 2.75. The molecule has 0 spiro atoms. The molecule has 1 aromatic heterocycles. The number of hydrogen-bond donors (Lipinski definition) is 1. The van der Waals surface area contributed by atoms with E-state index in [1.807, 2.05) is 6.92 Å². The first kappa shape index (κ1) is 16.4. The molecule has 1 aromatic carbocycles. The monoisotopic (exact) mass is 382 g/mol. The molecule has 0 fully saturated rings. The van der Waals surface area contributed by atoms with Crippen LogP contribution in [-0.2, 0) is 6.18 Å². The highest BCUT2D eigenvalue weighted by Gasteiger charge is 2.35. The van der Waals surface area contributed by atoms with Crippen molar-refractivity contribution in [1.82, 2.24) is 10.3 Å². The zero-order valence-corrected chi connectivity index (χ0v) is 13.2. The van der Waals surface area contributed by atoms with Crippen molar-refractivity contribution in [2.75, 3.05) is 6.54 Å². The van der Waals surface area contributed by atoms with Crippen LogP contribution in [0.5, 0.6) is 0 Å². The molecule has 1 unspecified atom stereocenters. The number of nitrogens with zero attached hydrogens (tertiary/aromatic N) is 1. The molecule has 0 amide bonds. The summed E-state index contributed by atoms with van der Waals surface area (Å²) < 4.78 is 51.8. The molecule has 0 bridgehead atoms. The highest BCUT2D eigenvalue weighted by Crippen LogP contribution is 2.37. The lowest BCUT2D eigenvalue weighted by Gasteiger charge is -2.18. The number of alkyl halides is 3. The Hall–Kier alpha value is -0.990. The molecule has 2 nitrogen and oxygen atoms in total. The lowest BCUT2D eigenvalue weighted by molar-refractivity contribution is -0.137. The SMILES string of the molecule is CCNC(c1cnc(C(F)(F)F)s1)c1cccc(F)c1Br. The van der Waals surface area contributed by atoms with Crippen LogP contribution in [0.3, 0.4) is 0 Å². The van der Waals surface area contributed by atoms with Crippen LogP contribution in [0.15, 0.2) is 28.9 Å². The van der Waals surface area contributed by atoms with E-state index in [-0.39, 0.29) is 4.47 Å². The molecule has 0 saturated heterocycles. The second-order valence-corrected chi connectivity index (χ2v) is 6.05. The van der Waals surface area contributed by atoms with E-state index >= 15 is 0 Å². The number of benzene rings is 1. The maximum atomic E-state index is 13.6. The highest BCUT2D eigenvalue weighted by molar-refractivity contribution is 9.10. The number of rotatable bonds is 4. The average molecular weight is 383 g/mol. The van der Waals surface area contributed by atoms with Gasteiger partial charge in [-0.3, -0.25) is 0 Å². The van der Waals surface area contributed by atoms with Crippen LogP contribution in [0, 0.1) is 5.82 Å². The smallest absolute Gasteiger partial charge is 0.306 e. The average Bonchev–Trinajstić information content (AvgIpc) is 2.89. The van der Waals surface area contributed by atoms with Crippen molar-refractivity contribution < 1.29 is 17.6 Å². The van der Waals surface area contributed by atoms with Gasteiger partial charge in [-0.05, 0) is 34.1 Å². The zero-order chi connectivity index (χ0) is 15.6. The van der Waals surface area contributed by atoms with Crippen LogP contribution in [-0.4, -0.2) is 11.5 Å². The van der Waals surface area contributed by atoms with Crippen LogP contribution in [0.1, 0.15) is 28.4 Å². The van der Waals surface area contributed by atoms with Crippen LogP contribution in [0.2, 0.25) is 0 Å². The van der Waals surface area contributed by atoms with Gasteiger partial charge >= 0.3 is 6.18 Å². The van der Waals surface area contributed by atoms with Crippen LogP contribution in [0.4, 0.5) is 17.6 Å². The number of hydrogen-bond acceptors (Lipinski definition) is 3. The van der Waals surface area contributed by atoms with Gasteiger partial charge in [0.1, 0.15) is 5.82 Å². The molecule has 0 aliphatic heterocycles. The first-order chi connectivity index (χ1) is 9.84. The van der Waals surface area contributed by atoms with Crippen LogP contribution >= 0.6 is 27.3 Å². The Morgan fingerprint density at radius 3 is 2.67 bits per heavy atom. The quantitative estimate of drug-likeness (QED) is 0.770. The van der Waals surface area contributed by atoms with Crippen molar-refractivity contribution in [3.63, 3.8) is 0 Å². The molecule has 1 atom stereocenters. The molecule has 2 aromatic rings. The molecule has 0 aliphatic carbocycles. The summed E-state index contributed by atoms with van der Waals surface area (Å²) in [6, 6.07) is 3.91. The Kier molecular flexibility index (Phi) is 5.00. The van der Waals surface area contributed by atoms with Crippen molar-refractivity contribution in [3.05, 3.63) is 50.1 Å². The molecule has 2 rings (SSSR count). The van der Waals surface area contributed by atoms with E-state index < -0.39 is 23.0 Å². The van der Waals surface area contributed by atoms with E-state index in [4.69, 9.17) is 0 Å². The second kappa shape index (κ2) is 6.41. The van der Waals surface area contributed by atoms with Crippen molar-refractivity contribution >= 4 is 27.3 Å². The lowest BCUT2D eigenvalue weighted by Crippen LogP contribution is -2.21. The van der Waals surface area contributed by atoms with E-state index in [1.54, 1.807) is 6.07 Å². The second-order valence-electron chi connectivity index (χ2n) is 4.20. The zero-order valence-electron chi connectivity index (χ0n) is 10.8. The van der Waals surface area contributed by atoms with Crippen molar-refractivity contribution in [3.8, 4) is 0 Å². The van der Waals surface area contributed by atoms with E-state index in [0.29, 0.717) is 28.3 Å². The minimum absolute atomic E-state index is 0.234. The Morgan fingerprint density at radius 2 is 2.10 bits per heavy atom. The highest BCUT2D eigenvalue weighted by atomic mass is 79.9. The van der Waals surface area contributed by atoms with Gasteiger partial charge < -0.3 is 5.32 Å². The first-order valence-electron chi connectivity index (χ1n) is 6.04. The fourth-order valence-corrected chi connectivity index (χ4v) is 3.23. The van der Waals surface area contributed by atoms with Gasteiger partial charge in [0.2, 0.25) is 0 Å². The van der Waals surface area contributed by atoms with Crippen molar-refractivity contribution in [2.45, 2.75) is 19.1 Å².